The summed E-state index contributed by atoms with van der Waals surface area (Å²) in [6.07, 6.45) is 1.83. The molecule has 0 aliphatic carbocycles. The van der Waals surface area contributed by atoms with Gasteiger partial charge in [-0.25, -0.2) is 17.3 Å². The van der Waals surface area contributed by atoms with Crippen LogP contribution in [0.1, 0.15) is 29.3 Å². The van der Waals surface area contributed by atoms with Crippen LogP contribution in [0.5, 0.6) is 0 Å². The van der Waals surface area contributed by atoms with Gasteiger partial charge >= 0.3 is 0 Å². The average molecular weight is 426 g/mol. The van der Waals surface area contributed by atoms with Gasteiger partial charge in [-0.05, 0) is 24.4 Å². The lowest BCUT2D eigenvalue weighted by molar-refractivity contribution is -0.0533. The van der Waals surface area contributed by atoms with E-state index in [-0.39, 0.29) is 11.6 Å². The summed E-state index contributed by atoms with van der Waals surface area (Å²) in [6.45, 7) is 3.32. The molecule has 2 fully saturated rings. The minimum absolute atomic E-state index is 0.0344. The molecule has 3 aliphatic rings. The standard InChI is InChI=1S/C19H21F3N4O2S/c20-14-3-16(22)15(21)2-13(14)19-17(23)1-11(7-28-19)25-4-10-5-26(24-18(10)6-25)29-12-8-27-9-12/h2-3,5,11-12,17,19H,1,4,6-9,23H2/t11?,17?,19-/m1/s1. The molecule has 0 amide bonds. The molecular formula is C19H21F3N4O2S. The topological polar surface area (TPSA) is 65.5 Å². The van der Waals surface area contributed by atoms with Crippen LogP contribution in [0.4, 0.5) is 13.2 Å². The molecule has 29 heavy (non-hydrogen) atoms. The van der Waals surface area contributed by atoms with E-state index in [0.29, 0.717) is 30.9 Å². The second-order valence-electron chi connectivity index (χ2n) is 7.77. The highest BCUT2D eigenvalue weighted by molar-refractivity contribution is 7.98. The van der Waals surface area contributed by atoms with Crippen molar-refractivity contribution in [2.75, 3.05) is 19.8 Å². The molecule has 0 spiro atoms. The van der Waals surface area contributed by atoms with Crippen LogP contribution in [0.25, 0.3) is 0 Å². The molecule has 2 saturated heterocycles. The third kappa shape index (κ3) is 3.68. The number of rotatable bonds is 4. The number of hydrogen-bond acceptors (Lipinski definition) is 6. The first-order valence-corrected chi connectivity index (χ1v) is 10.4. The molecule has 1 aromatic carbocycles. The summed E-state index contributed by atoms with van der Waals surface area (Å²) in [7, 11) is 0. The van der Waals surface area contributed by atoms with Gasteiger partial charge in [0, 0.05) is 48.6 Å². The van der Waals surface area contributed by atoms with Crippen LogP contribution < -0.4 is 5.73 Å². The summed E-state index contributed by atoms with van der Waals surface area (Å²) in [4.78, 5) is 2.25. The molecule has 6 nitrogen and oxygen atoms in total. The van der Waals surface area contributed by atoms with Gasteiger partial charge in [0.15, 0.2) is 11.6 Å². The Morgan fingerprint density at radius 1 is 1.07 bits per heavy atom. The zero-order chi connectivity index (χ0) is 20.1. The van der Waals surface area contributed by atoms with Crippen LogP contribution in [-0.2, 0) is 22.6 Å². The van der Waals surface area contributed by atoms with E-state index < -0.39 is 29.6 Å². The van der Waals surface area contributed by atoms with Gasteiger partial charge in [-0.1, -0.05) is 0 Å². The molecule has 156 valence electrons. The van der Waals surface area contributed by atoms with Crippen LogP contribution in [-0.4, -0.2) is 51.2 Å². The molecular weight excluding hydrogens is 405 g/mol. The fourth-order valence-corrected chi connectivity index (χ4v) is 5.02. The van der Waals surface area contributed by atoms with Crippen LogP contribution in [0.2, 0.25) is 0 Å². The molecule has 3 aliphatic heterocycles. The van der Waals surface area contributed by atoms with Gasteiger partial charge in [-0.3, -0.25) is 4.90 Å². The quantitative estimate of drug-likeness (QED) is 0.758. The maximum Gasteiger partial charge on any atom is 0.161 e. The minimum Gasteiger partial charge on any atom is -0.379 e. The summed E-state index contributed by atoms with van der Waals surface area (Å²) in [5.41, 5.74) is 8.43. The first-order valence-electron chi connectivity index (χ1n) is 9.56. The summed E-state index contributed by atoms with van der Waals surface area (Å²) in [5.74, 6) is -3.16. The Balaban J connectivity index is 1.22. The van der Waals surface area contributed by atoms with Crippen molar-refractivity contribution >= 4 is 11.9 Å². The Labute approximate surface area is 170 Å². The normalized spacial score (nSPS) is 27.8. The van der Waals surface area contributed by atoms with Crippen LogP contribution in [0.3, 0.4) is 0 Å². The van der Waals surface area contributed by atoms with Gasteiger partial charge in [0.25, 0.3) is 0 Å². The van der Waals surface area contributed by atoms with Gasteiger partial charge in [0.1, 0.15) is 11.9 Å². The first kappa shape index (κ1) is 19.4. The van der Waals surface area contributed by atoms with E-state index in [1.807, 2.05) is 4.09 Å². The first-order chi connectivity index (χ1) is 14.0. The summed E-state index contributed by atoms with van der Waals surface area (Å²) >= 11 is 1.68. The van der Waals surface area contributed by atoms with Crippen molar-refractivity contribution in [2.45, 2.75) is 42.9 Å². The molecule has 3 atom stereocenters. The fraction of sp³-hybridized carbons (Fsp3) is 0.526. The predicted octanol–water partition coefficient (Wildman–Crippen LogP) is 2.37. The third-order valence-electron chi connectivity index (χ3n) is 5.71. The van der Waals surface area contributed by atoms with Crippen molar-refractivity contribution in [1.29, 1.82) is 0 Å². The number of hydrogen-bond donors (Lipinski definition) is 1. The monoisotopic (exact) mass is 426 g/mol. The highest BCUT2D eigenvalue weighted by atomic mass is 32.2. The van der Waals surface area contributed by atoms with Crippen molar-refractivity contribution in [1.82, 2.24) is 14.1 Å². The number of nitrogens with two attached hydrogens (primary N) is 1. The third-order valence-corrected chi connectivity index (χ3v) is 6.68. The van der Waals surface area contributed by atoms with Crippen molar-refractivity contribution in [2.24, 2.45) is 5.73 Å². The molecule has 2 N–H and O–H groups in total. The maximum atomic E-state index is 14.1. The highest BCUT2D eigenvalue weighted by Gasteiger charge is 2.37. The molecule has 5 rings (SSSR count). The lowest BCUT2D eigenvalue weighted by Gasteiger charge is -2.38. The van der Waals surface area contributed by atoms with Gasteiger partial charge in [0.05, 0.1) is 30.8 Å². The van der Waals surface area contributed by atoms with E-state index in [9.17, 15) is 13.2 Å². The second-order valence-corrected chi connectivity index (χ2v) is 9.02. The number of ether oxygens (including phenoxy) is 2. The van der Waals surface area contributed by atoms with Crippen LogP contribution in [0.15, 0.2) is 18.3 Å². The Morgan fingerprint density at radius 3 is 2.55 bits per heavy atom. The highest BCUT2D eigenvalue weighted by Crippen LogP contribution is 2.35. The molecule has 0 saturated carbocycles. The van der Waals surface area contributed by atoms with Crippen molar-refractivity contribution < 1.29 is 22.6 Å². The Hall–Kier alpha value is -1.59. The van der Waals surface area contributed by atoms with E-state index >= 15 is 0 Å². The van der Waals surface area contributed by atoms with Gasteiger partial charge in [0.2, 0.25) is 0 Å². The number of halogens is 3. The fourth-order valence-electron chi connectivity index (χ4n) is 4.07. The van der Waals surface area contributed by atoms with Crippen molar-refractivity contribution in [3.8, 4) is 0 Å². The average Bonchev–Trinajstić information content (AvgIpc) is 3.20. The van der Waals surface area contributed by atoms with Gasteiger partial charge in [-0.15, -0.1) is 0 Å². The lowest BCUT2D eigenvalue weighted by Crippen LogP contribution is -2.47. The predicted molar refractivity (Wildman–Crippen MR) is 100 cm³/mol. The van der Waals surface area contributed by atoms with E-state index in [4.69, 9.17) is 15.2 Å². The van der Waals surface area contributed by atoms with E-state index in [2.05, 4.69) is 16.2 Å². The molecule has 2 unspecified atom stereocenters. The van der Waals surface area contributed by atoms with Crippen molar-refractivity contribution in [3.05, 3.63) is 52.6 Å². The smallest absolute Gasteiger partial charge is 0.161 e. The van der Waals surface area contributed by atoms with Crippen LogP contribution in [0, 0.1) is 17.5 Å². The van der Waals surface area contributed by atoms with Gasteiger partial charge < -0.3 is 15.2 Å². The van der Waals surface area contributed by atoms with Crippen molar-refractivity contribution in [3.63, 3.8) is 0 Å². The Morgan fingerprint density at radius 2 is 1.86 bits per heavy atom. The summed E-state index contributed by atoms with van der Waals surface area (Å²) in [6, 6.07) is 0.924. The van der Waals surface area contributed by atoms with Gasteiger partial charge in [-0.2, -0.15) is 5.10 Å². The second kappa shape index (κ2) is 7.59. The zero-order valence-corrected chi connectivity index (χ0v) is 16.4. The van der Waals surface area contributed by atoms with E-state index in [0.717, 1.165) is 31.5 Å². The van der Waals surface area contributed by atoms with E-state index in [1.54, 1.807) is 11.9 Å². The molecule has 10 heteroatoms. The Kier molecular flexibility index (Phi) is 5.07. The molecule has 0 radical (unpaired) electrons. The SMILES string of the molecule is NC1CC(N2Cc3cn(SC4COC4)nc3C2)CO[C@@H]1c1cc(F)c(F)cc1F. The summed E-state index contributed by atoms with van der Waals surface area (Å²) in [5, 5.41) is 5.11. The minimum atomic E-state index is -1.22. The summed E-state index contributed by atoms with van der Waals surface area (Å²) < 4.78 is 53.8. The Bertz CT molecular complexity index is 900. The number of nitrogens with zero attached hydrogens (tertiary/aromatic N) is 3. The number of aromatic nitrogens is 2. The number of benzene rings is 1. The molecule has 2 aromatic rings. The van der Waals surface area contributed by atoms with Crippen LogP contribution >= 0.6 is 11.9 Å². The molecule has 4 heterocycles. The lowest BCUT2D eigenvalue weighted by atomic mass is 9.93. The molecule has 0 bridgehead atoms. The number of fused-ring (bicyclic) bond motifs is 1. The maximum absolute atomic E-state index is 14.1. The largest absolute Gasteiger partial charge is 0.379 e. The van der Waals surface area contributed by atoms with E-state index in [1.165, 1.54) is 5.56 Å². The molecule has 1 aromatic heterocycles. The zero-order valence-electron chi connectivity index (χ0n) is 15.6.